The molecule has 1 amide bonds. The van der Waals surface area contributed by atoms with Gasteiger partial charge in [0.05, 0.1) is 17.9 Å². The smallest absolute Gasteiger partial charge is 0.322 e. The van der Waals surface area contributed by atoms with Gasteiger partial charge in [0, 0.05) is 26.2 Å². The molecule has 2 aliphatic rings. The molecule has 0 aliphatic carbocycles. The molecule has 2 aliphatic heterocycles. The molecular formula is C21H24N6O4. The molecule has 0 saturated heterocycles. The second-order valence-corrected chi connectivity index (χ2v) is 7.14. The van der Waals surface area contributed by atoms with Crippen molar-refractivity contribution in [1.82, 2.24) is 20.5 Å². The maximum atomic E-state index is 13.0. The molecule has 0 unspecified atom stereocenters. The first-order valence-corrected chi connectivity index (χ1v) is 10.1. The standard InChI is InChI=1S/C21H24N6O4/c1-3-30-19-11-18-15(12-26(2)27(18)31-13-28)10-16(19)21(29)23-20-5-4-17(24-25-20)14-6-8-22-9-7-14/h4-6,10-11,13,22H,3,7-9,12H2,1-2H3,(H,23,25,29). The fourth-order valence-corrected chi connectivity index (χ4v) is 3.65. The number of carbonyl (C=O) groups excluding carboxylic acids is 2. The van der Waals surface area contributed by atoms with Gasteiger partial charge in [-0.2, -0.15) is 5.01 Å². The van der Waals surface area contributed by atoms with Crippen LogP contribution in [0.15, 0.2) is 30.3 Å². The number of aromatic nitrogens is 2. The first kappa shape index (κ1) is 20.8. The number of nitrogens with one attached hydrogen (secondary N) is 2. The van der Waals surface area contributed by atoms with Crippen LogP contribution >= 0.6 is 0 Å². The number of ether oxygens (including phenoxy) is 1. The van der Waals surface area contributed by atoms with Crippen molar-refractivity contribution in [2.45, 2.75) is 19.9 Å². The van der Waals surface area contributed by atoms with Crippen molar-refractivity contribution in [2.24, 2.45) is 0 Å². The molecule has 0 atom stereocenters. The van der Waals surface area contributed by atoms with Gasteiger partial charge in [-0.25, -0.2) is 0 Å². The van der Waals surface area contributed by atoms with E-state index in [1.165, 1.54) is 5.17 Å². The molecule has 1 aromatic carbocycles. The fraction of sp³-hybridized carbons (Fsp3) is 0.333. The van der Waals surface area contributed by atoms with Gasteiger partial charge in [-0.3, -0.25) is 9.59 Å². The normalized spacial score (nSPS) is 15.8. The number of carbonyl (C=O) groups is 2. The van der Waals surface area contributed by atoms with Gasteiger partial charge < -0.3 is 20.2 Å². The van der Waals surface area contributed by atoms with Crippen LogP contribution in [0.2, 0.25) is 0 Å². The highest BCUT2D eigenvalue weighted by Gasteiger charge is 2.29. The van der Waals surface area contributed by atoms with E-state index in [0.29, 0.717) is 42.4 Å². The first-order valence-electron chi connectivity index (χ1n) is 10.1. The van der Waals surface area contributed by atoms with Crippen LogP contribution in [0.4, 0.5) is 11.5 Å². The summed E-state index contributed by atoms with van der Waals surface area (Å²) in [5.41, 5.74) is 3.80. The summed E-state index contributed by atoms with van der Waals surface area (Å²) in [7, 11) is 1.78. The molecule has 10 heteroatoms. The lowest BCUT2D eigenvalue weighted by Gasteiger charge is -2.22. The Bertz CT molecular complexity index is 1010. The predicted octanol–water partition coefficient (Wildman–Crippen LogP) is 1.76. The minimum Gasteiger partial charge on any atom is -0.493 e. The van der Waals surface area contributed by atoms with Crippen molar-refractivity contribution in [1.29, 1.82) is 0 Å². The number of hydrogen-bond acceptors (Lipinski definition) is 9. The Labute approximate surface area is 179 Å². The minimum atomic E-state index is -0.355. The summed E-state index contributed by atoms with van der Waals surface area (Å²) in [5, 5.41) is 17.5. The molecule has 2 N–H and O–H groups in total. The van der Waals surface area contributed by atoms with Crippen molar-refractivity contribution in [2.75, 3.05) is 37.2 Å². The van der Waals surface area contributed by atoms with E-state index >= 15 is 0 Å². The highest BCUT2D eigenvalue weighted by Crippen LogP contribution is 2.36. The van der Waals surface area contributed by atoms with Crippen molar-refractivity contribution in [3.05, 3.63) is 47.2 Å². The third kappa shape index (κ3) is 4.35. The van der Waals surface area contributed by atoms with Gasteiger partial charge in [0.1, 0.15) is 11.4 Å². The zero-order chi connectivity index (χ0) is 21.8. The molecule has 0 saturated carbocycles. The third-order valence-electron chi connectivity index (χ3n) is 5.08. The van der Waals surface area contributed by atoms with Gasteiger partial charge in [0.2, 0.25) is 0 Å². The lowest BCUT2D eigenvalue weighted by atomic mass is 10.1. The quantitative estimate of drug-likeness (QED) is 0.643. The summed E-state index contributed by atoms with van der Waals surface area (Å²) in [6.45, 7) is 4.78. The summed E-state index contributed by atoms with van der Waals surface area (Å²) in [5.74, 6) is 0.388. The summed E-state index contributed by atoms with van der Waals surface area (Å²) in [6.07, 6.45) is 2.99. The van der Waals surface area contributed by atoms with E-state index in [9.17, 15) is 9.59 Å². The van der Waals surface area contributed by atoms with Crippen LogP contribution in [-0.2, 0) is 16.2 Å². The lowest BCUT2D eigenvalue weighted by molar-refractivity contribution is -0.135. The van der Waals surface area contributed by atoms with E-state index in [4.69, 9.17) is 9.57 Å². The van der Waals surface area contributed by atoms with E-state index in [2.05, 4.69) is 26.9 Å². The number of fused-ring (bicyclic) bond motifs is 1. The fourth-order valence-electron chi connectivity index (χ4n) is 3.65. The Kier molecular flexibility index (Phi) is 6.10. The van der Waals surface area contributed by atoms with Gasteiger partial charge in [-0.05, 0) is 49.2 Å². The average Bonchev–Trinajstić information content (AvgIpc) is 3.09. The Morgan fingerprint density at radius 1 is 1.32 bits per heavy atom. The number of benzene rings is 1. The molecular weight excluding hydrogens is 400 g/mol. The number of amides is 1. The number of nitrogens with zero attached hydrogens (tertiary/aromatic N) is 4. The van der Waals surface area contributed by atoms with Crippen LogP contribution in [0.25, 0.3) is 5.57 Å². The van der Waals surface area contributed by atoms with Gasteiger partial charge in [-0.15, -0.1) is 15.4 Å². The minimum absolute atomic E-state index is 0.355. The van der Waals surface area contributed by atoms with Gasteiger partial charge in [-0.1, -0.05) is 6.08 Å². The SMILES string of the molecule is CCOc1cc2c(cc1C(=O)Nc1ccc(C3=CCNCC3)nn1)CN(C)N2OC=O. The van der Waals surface area contributed by atoms with Crippen molar-refractivity contribution >= 4 is 29.5 Å². The van der Waals surface area contributed by atoms with E-state index in [0.717, 1.165) is 36.3 Å². The van der Waals surface area contributed by atoms with E-state index in [-0.39, 0.29) is 5.91 Å². The Balaban J connectivity index is 1.56. The summed E-state index contributed by atoms with van der Waals surface area (Å²) in [4.78, 5) is 28.8. The van der Waals surface area contributed by atoms with Crippen LogP contribution in [0.5, 0.6) is 5.75 Å². The highest BCUT2D eigenvalue weighted by atomic mass is 16.7. The summed E-state index contributed by atoms with van der Waals surface area (Å²) in [6, 6.07) is 7.03. The Morgan fingerprint density at radius 2 is 2.19 bits per heavy atom. The molecule has 10 nitrogen and oxygen atoms in total. The zero-order valence-corrected chi connectivity index (χ0v) is 17.4. The van der Waals surface area contributed by atoms with Gasteiger partial charge in [0.25, 0.3) is 5.91 Å². The highest BCUT2D eigenvalue weighted by molar-refractivity contribution is 6.06. The maximum Gasteiger partial charge on any atom is 0.322 e. The summed E-state index contributed by atoms with van der Waals surface area (Å²) < 4.78 is 5.68. The summed E-state index contributed by atoms with van der Waals surface area (Å²) >= 11 is 0. The predicted molar refractivity (Wildman–Crippen MR) is 114 cm³/mol. The topological polar surface area (TPSA) is 109 Å². The molecule has 1 aromatic heterocycles. The lowest BCUT2D eigenvalue weighted by Crippen LogP contribution is -2.33. The number of rotatable bonds is 7. The number of anilines is 2. The number of hydrogen-bond donors (Lipinski definition) is 2. The maximum absolute atomic E-state index is 13.0. The van der Waals surface area contributed by atoms with E-state index in [1.54, 1.807) is 30.3 Å². The second-order valence-electron chi connectivity index (χ2n) is 7.14. The average molecular weight is 424 g/mol. The largest absolute Gasteiger partial charge is 0.493 e. The Hall–Kier alpha value is -3.50. The van der Waals surface area contributed by atoms with Crippen molar-refractivity contribution in [3.8, 4) is 5.75 Å². The first-order chi connectivity index (χ1) is 15.1. The second kappa shape index (κ2) is 9.11. The van der Waals surface area contributed by atoms with E-state index < -0.39 is 0 Å². The molecule has 0 spiro atoms. The molecule has 31 heavy (non-hydrogen) atoms. The molecule has 0 fully saturated rings. The zero-order valence-electron chi connectivity index (χ0n) is 17.4. The Morgan fingerprint density at radius 3 is 2.87 bits per heavy atom. The molecule has 0 bridgehead atoms. The molecule has 3 heterocycles. The van der Waals surface area contributed by atoms with Crippen molar-refractivity contribution < 1.29 is 19.2 Å². The van der Waals surface area contributed by atoms with Crippen LogP contribution in [0, 0.1) is 0 Å². The van der Waals surface area contributed by atoms with Crippen LogP contribution in [0.3, 0.4) is 0 Å². The van der Waals surface area contributed by atoms with Crippen LogP contribution in [0.1, 0.15) is 35.0 Å². The van der Waals surface area contributed by atoms with Gasteiger partial charge in [0.15, 0.2) is 5.82 Å². The molecule has 2 aromatic rings. The molecule has 0 radical (unpaired) electrons. The van der Waals surface area contributed by atoms with Crippen LogP contribution < -0.4 is 20.5 Å². The van der Waals surface area contributed by atoms with Crippen molar-refractivity contribution in [3.63, 3.8) is 0 Å². The van der Waals surface area contributed by atoms with Crippen LogP contribution in [-0.4, -0.2) is 54.3 Å². The third-order valence-corrected chi connectivity index (χ3v) is 5.08. The molecule has 162 valence electrons. The monoisotopic (exact) mass is 424 g/mol. The molecule has 4 rings (SSSR count). The van der Waals surface area contributed by atoms with Gasteiger partial charge >= 0.3 is 6.47 Å². The number of hydrazine groups is 1. The van der Waals surface area contributed by atoms with E-state index in [1.807, 2.05) is 13.0 Å².